The molecule has 2 heterocycles. The highest BCUT2D eigenvalue weighted by atomic mass is 15.0. The zero-order valence-electron chi connectivity index (χ0n) is 12.6. The standard InChI is InChI=1S/C13H21N3/c1-14-9-3-2-6-12-8-7-11-5-4-10-15-13(11)16-12/h7-8,14H,2-6,9-10H2,1H3,(H,15,16)/i1D3. The van der Waals surface area contributed by atoms with Gasteiger partial charge in [-0.3, -0.25) is 0 Å². The summed E-state index contributed by atoms with van der Waals surface area (Å²) in [6, 6.07) is 4.24. The maximum Gasteiger partial charge on any atom is 0.129 e. The molecule has 1 aliphatic rings. The van der Waals surface area contributed by atoms with Gasteiger partial charge in [-0.15, -0.1) is 0 Å². The van der Waals surface area contributed by atoms with Crippen molar-refractivity contribution in [1.29, 1.82) is 0 Å². The zero-order valence-corrected chi connectivity index (χ0v) is 9.55. The molecule has 88 valence electrons. The van der Waals surface area contributed by atoms with Crippen molar-refractivity contribution in [2.45, 2.75) is 32.1 Å². The predicted octanol–water partition coefficient (Wildman–Crippen LogP) is 1.98. The average Bonchev–Trinajstić information content (AvgIpc) is 2.37. The molecule has 0 aromatic carbocycles. The topological polar surface area (TPSA) is 37.0 Å². The van der Waals surface area contributed by atoms with Crippen molar-refractivity contribution in [3.63, 3.8) is 0 Å². The van der Waals surface area contributed by atoms with Gasteiger partial charge in [-0.1, -0.05) is 6.07 Å². The SMILES string of the molecule is [2H]C([2H])([2H])NCCCCc1ccc2c(n1)NCCC2. The van der Waals surface area contributed by atoms with Gasteiger partial charge in [-0.25, -0.2) is 4.98 Å². The molecule has 3 heteroatoms. The second-order valence-corrected chi connectivity index (χ2v) is 4.22. The van der Waals surface area contributed by atoms with Crippen LogP contribution in [-0.2, 0) is 12.8 Å². The second kappa shape index (κ2) is 5.85. The van der Waals surface area contributed by atoms with E-state index < -0.39 is 6.98 Å². The van der Waals surface area contributed by atoms with E-state index in [9.17, 15) is 0 Å². The van der Waals surface area contributed by atoms with Crippen LogP contribution in [-0.4, -0.2) is 25.0 Å². The second-order valence-electron chi connectivity index (χ2n) is 4.22. The Balaban J connectivity index is 1.74. The molecule has 0 radical (unpaired) electrons. The van der Waals surface area contributed by atoms with Crippen LogP contribution in [0.2, 0.25) is 0 Å². The van der Waals surface area contributed by atoms with Crippen LogP contribution in [0.4, 0.5) is 5.82 Å². The van der Waals surface area contributed by atoms with Crippen LogP contribution in [0, 0.1) is 0 Å². The van der Waals surface area contributed by atoms with Crippen LogP contribution in [0.15, 0.2) is 12.1 Å². The number of nitrogens with zero attached hydrogens (tertiary/aromatic N) is 1. The van der Waals surface area contributed by atoms with Gasteiger partial charge in [0.2, 0.25) is 0 Å². The summed E-state index contributed by atoms with van der Waals surface area (Å²) in [6.07, 6.45) is 4.99. The predicted molar refractivity (Wildman–Crippen MR) is 67.9 cm³/mol. The average molecular weight is 222 g/mol. The van der Waals surface area contributed by atoms with Crippen LogP contribution < -0.4 is 10.6 Å². The first-order chi connectivity index (χ1) is 9.04. The van der Waals surface area contributed by atoms with E-state index in [1.165, 1.54) is 12.0 Å². The molecular weight excluding hydrogens is 198 g/mol. The molecule has 0 aliphatic carbocycles. The number of rotatable bonds is 5. The van der Waals surface area contributed by atoms with Gasteiger partial charge in [0, 0.05) is 16.4 Å². The van der Waals surface area contributed by atoms with Gasteiger partial charge >= 0.3 is 0 Å². The Kier molecular flexibility index (Phi) is 2.95. The minimum atomic E-state index is -2.02. The van der Waals surface area contributed by atoms with Crippen molar-refractivity contribution in [1.82, 2.24) is 10.3 Å². The third-order valence-corrected chi connectivity index (χ3v) is 2.94. The van der Waals surface area contributed by atoms with Gasteiger partial charge in [0.15, 0.2) is 0 Å². The monoisotopic (exact) mass is 222 g/mol. The van der Waals surface area contributed by atoms with E-state index in [0.717, 1.165) is 43.7 Å². The van der Waals surface area contributed by atoms with Crippen molar-refractivity contribution in [2.24, 2.45) is 0 Å². The van der Waals surface area contributed by atoms with Crippen molar-refractivity contribution in [3.8, 4) is 0 Å². The number of hydrogen-bond acceptors (Lipinski definition) is 3. The molecular formula is C13H21N3. The molecule has 0 atom stereocenters. The minimum Gasteiger partial charge on any atom is -0.370 e. The molecule has 0 bridgehead atoms. The van der Waals surface area contributed by atoms with E-state index in [1.807, 2.05) is 0 Å². The molecule has 2 rings (SSSR count). The summed E-state index contributed by atoms with van der Waals surface area (Å²) >= 11 is 0. The summed E-state index contributed by atoms with van der Waals surface area (Å²) in [7, 11) is 0. The number of unbranched alkanes of at least 4 members (excludes halogenated alkanes) is 1. The normalized spacial score (nSPS) is 17.9. The number of hydrogen-bond donors (Lipinski definition) is 2. The lowest BCUT2D eigenvalue weighted by Gasteiger charge is -2.17. The van der Waals surface area contributed by atoms with Gasteiger partial charge in [0.25, 0.3) is 0 Å². The van der Waals surface area contributed by atoms with Crippen molar-refractivity contribution < 1.29 is 4.11 Å². The molecule has 0 saturated carbocycles. The third-order valence-electron chi connectivity index (χ3n) is 2.94. The lowest BCUT2D eigenvalue weighted by Crippen LogP contribution is -2.14. The number of fused-ring (bicyclic) bond motifs is 1. The van der Waals surface area contributed by atoms with E-state index >= 15 is 0 Å². The maximum atomic E-state index is 7.04. The fourth-order valence-corrected chi connectivity index (χ4v) is 2.03. The highest BCUT2D eigenvalue weighted by molar-refractivity contribution is 5.46. The Bertz CT molecular complexity index is 418. The molecule has 3 nitrogen and oxygen atoms in total. The number of aryl methyl sites for hydroxylation is 2. The van der Waals surface area contributed by atoms with Crippen molar-refractivity contribution in [2.75, 3.05) is 25.4 Å². The first-order valence-electron chi connectivity index (χ1n) is 7.52. The van der Waals surface area contributed by atoms with Crippen LogP contribution >= 0.6 is 0 Å². The molecule has 0 saturated heterocycles. The molecule has 0 fully saturated rings. The highest BCUT2D eigenvalue weighted by Gasteiger charge is 2.09. The third kappa shape index (κ3) is 2.95. The Morgan fingerprint density at radius 2 is 2.50 bits per heavy atom. The zero-order chi connectivity index (χ0) is 13.7. The fourth-order valence-electron chi connectivity index (χ4n) is 2.03. The summed E-state index contributed by atoms with van der Waals surface area (Å²) in [5.41, 5.74) is 2.39. The van der Waals surface area contributed by atoms with Gasteiger partial charge < -0.3 is 10.6 Å². The molecule has 16 heavy (non-hydrogen) atoms. The van der Waals surface area contributed by atoms with Crippen LogP contribution in [0.5, 0.6) is 0 Å². The Labute approximate surface area is 102 Å². The Morgan fingerprint density at radius 3 is 3.44 bits per heavy atom. The van der Waals surface area contributed by atoms with Crippen LogP contribution in [0.3, 0.4) is 0 Å². The molecule has 1 aromatic heterocycles. The number of nitrogens with one attached hydrogen (secondary N) is 2. The smallest absolute Gasteiger partial charge is 0.129 e. The summed E-state index contributed by atoms with van der Waals surface area (Å²) < 4.78 is 21.1. The van der Waals surface area contributed by atoms with Crippen molar-refractivity contribution in [3.05, 3.63) is 23.4 Å². The number of anilines is 1. The van der Waals surface area contributed by atoms with E-state index in [4.69, 9.17) is 4.11 Å². The Morgan fingerprint density at radius 1 is 1.50 bits per heavy atom. The lowest BCUT2D eigenvalue weighted by atomic mass is 10.1. The molecule has 2 N–H and O–H groups in total. The number of aromatic nitrogens is 1. The van der Waals surface area contributed by atoms with Crippen LogP contribution in [0.1, 0.15) is 34.6 Å². The first-order valence-corrected chi connectivity index (χ1v) is 6.02. The molecule has 0 amide bonds. The molecule has 1 aromatic rings. The summed E-state index contributed by atoms with van der Waals surface area (Å²) in [5, 5.41) is 5.85. The maximum absolute atomic E-state index is 7.04. The van der Waals surface area contributed by atoms with E-state index in [-0.39, 0.29) is 0 Å². The molecule has 0 unspecified atom stereocenters. The van der Waals surface area contributed by atoms with Gasteiger partial charge in [-0.2, -0.15) is 0 Å². The summed E-state index contributed by atoms with van der Waals surface area (Å²) in [6.45, 7) is -0.486. The van der Waals surface area contributed by atoms with Gasteiger partial charge in [0.05, 0.1) is 0 Å². The number of pyridine rings is 1. The largest absolute Gasteiger partial charge is 0.370 e. The van der Waals surface area contributed by atoms with Crippen LogP contribution in [0.25, 0.3) is 0 Å². The Hall–Kier alpha value is -1.09. The van der Waals surface area contributed by atoms with E-state index in [1.54, 1.807) is 0 Å². The molecule has 0 spiro atoms. The van der Waals surface area contributed by atoms with Gasteiger partial charge in [-0.05, 0) is 57.3 Å². The van der Waals surface area contributed by atoms with Gasteiger partial charge in [0.1, 0.15) is 5.82 Å². The highest BCUT2D eigenvalue weighted by Crippen LogP contribution is 2.20. The molecule has 1 aliphatic heterocycles. The lowest BCUT2D eigenvalue weighted by molar-refractivity contribution is 0.670. The first kappa shape index (κ1) is 8.07. The summed E-state index contributed by atoms with van der Waals surface area (Å²) in [4.78, 5) is 4.62. The summed E-state index contributed by atoms with van der Waals surface area (Å²) in [5.74, 6) is 1.03. The van der Waals surface area contributed by atoms with Crippen molar-refractivity contribution >= 4 is 5.82 Å². The quantitative estimate of drug-likeness (QED) is 0.748. The van der Waals surface area contributed by atoms with E-state index in [0.29, 0.717) is 6.54 Å². The van der Waals surface area contributed by atoms with E-state index in [2.05, 4.69) is 27.8 Å². The minimum absolute atomic E-state index is 0.527. The fraction of sp³-hybridized carbons (Fsp3) is 0.615.